The highest BCUT2D eigenvalue weighted by molar-refractivity contribution is 7.89. The van der Waals surface area contributed by atoms with E-state index in [2.05, 4.69) is 11.5 Å². The van der Waals surface area contributed by atoms with E-state index in [-0.39, 0.29) is 10.7 Å². The van der Waals surface area contributed by atoms with E-state index < -0.39 is 10.0 Å². The van der Waals surface area contributed by atoms with Crippen LogP contribution in [0.5, 0.6) is 11.5 Å². The van der Waals surface area contributed by atoms with Gasteiger partial charge in [0.2, 0.25) is 10.0 Å². The number of ketones is 1. The van der Waals surface area contributed by atoms with Crippen molar-refractivity contribution >= 4 is 15.8 Å². The zero-order valence-corrected chi connectivity index (χ0v) is 20.1. The van der Waals surface area contributed by atoms with Crippen LogP contribution in [0.2, 0.25) is 0 Å². The number of rotatable bonds is 6. The van der Waals surface area contributed by atoms with Crippen LogP contribution in [-0.4, -0.2) is 73.9 Å². The molecule has 2 aliphatic heterocycles. The van der Waals surface area contributed by atoms with Gasteiger partial charge in [0.1, 0.15) is 0 Å². The van der Waals surface area contributed by atoms with Crippen LogP contribution in [-0.2, 0) is 10.0 Å². The standard InChI is InChI=1S/C24H31N3O5S/c1-17-14-21(18(2)27(17)19-4-5-19)22(28)16-25-8-10-26(11-9-25)33(29,30)20-6-7-23-24(15-20)32-13-3-12-31-23/h6-7,14-15,19H,3-5,8-13,16H2,1-2H3. The van der Waals surface area contributed by atoms with E-state index in [9.17, 15) is 13.2 Å². The molecule has 1 saturated carbocycles. The van der Waals surface area contributed by atoms with Gasteiger partial charge in [-0.3, -0.25) is 9.69 Å². The van der Waals surface area contributed by atoms with Gasteiger partial charge in [-0.2, -0.15) is 4.31 Å². The minimum atomic E-state index is -3.64. The maximum atomic E-state index is 13.2. The van der Waals surface area contributed by atoms with Crippen molar-refractivity contribution in [1.82, 2.24) is 13.8 Å². The first-order chi connectivity index (χ1) is 15.8. The van der Waals surface area contributed by atoms with Crippen molar-refractivity contribution in [2.45, 2.75) is 44.0 Å². The van der Waals surface area contributed by atoms with Crippen LogP contribution in [0.4, 0.5) is 0 Å². The molecule has 0 unspecified atom stereocenters. The second-order valence-corrected chi connectivity index (χ2v) is 11.1. The quantitative estimate of drug-likeness (QED) is 0.600. The van der Waals surface area contributed by atoms with Crippen LogP contribution < -0.4 is 9.47 Å². The Morgan fingerprint density at radius 1 is 1.00 bits per heavy atom. The van der Waals surface area contributed by atoms with Gasteiger partial charge in [-0.15, -0.1) is 0 Å². The lowest BCUT2D eigenvalue weighted by Gasteiger charge is -2.33. The number of fused-ring (bicyclic) bond motifs is 1. The molecule has 5 rings (SSSR count). The number of sulfonamides is 1. The van der Waals surface area contributed by atoms with Gasteiger partial charge in [0.05, 0.1) is 24.7 Å². The van der Waals surface area contributed by atoms with Crippen LogP contribution in [0.3, 0.4) is 0 Å². The smallest absolute Gasteiger partial charge is 0.243 e. The highest BCUT2D eigenvalue weighted by Gasteiger charge is 2.32. The molecular formula is C24H31N3O5S. The number of piperazine rings is 1. The first kappa shape index (κ1) is 22.4. The molecule has 0 radical (unpaired) electrons. The number of hydrogen-bond acceptors (Lipinski definition) is 6. The van der Waals surface area contributed by atoms with E-state index in [4.69, 9.17) is 9.47 Å². The molecule has 33 heavy (non-hydrogen) atoms. The molecule has 1 saturated heterocycles. The van der Waals surface area contributed by atoms with Crippen LogP contribution in [0, 0.1) is 13.8 Å². The van der Waals surface area contributed by atoms with Gasteiger partial charge >= 0.3 is 0 Å². The zero-order chi connectivity index (χ0) is 23.2. The molecule has 0 amide bonds. The molecule has 8 nitrogen and oxygen atoms in total. The average molecular weight is 474 g/mol. The van der Waals surface area contributed by atoms with Crippen molar-refractivity contribution in [2.75, 3.05) is 45.9 Å². The van der Waals surface area contributed by atoms with Gasteiger partial charge in [-0.25, -0.2) is 8.42 Å². The number of aryl methyl sites for hydroxylation is 1. The highest BCUT2D eigenvalue weighted by atomic mass is 32.2. The average Bonchev–Trinajstić information content (AvgIpc) is 3.61. The summed E-state index contributed by atoms with van der Waals surface area (Å²) < 4.78 is 41.5. The molecule has 1 aromatic carbocycles. The minimum Gasteiger partial charge on any atom is -0.490 e. The van der Waals surface area contributed by atoms with Crippen molar-refractivity contribution in [3.63, 3.8) is 0 Å². The third-order valence-corrected chi connectivity index (χ3v) is 8.65. The molecular weight excluding hydrogens is 442 g/mol. The Hall–Kier alpha value is -2.36. The molecule has 3 heterocycles. The fourth-order valence-corrected chi connectivity index (χ4v) is 6.26. The Labute approximate surface area is 195 Å². The third-order valence-electron chi connectivity index (χ3n) is 6.75. The van der Waals surface area contributed by atoms with Crippen LogP contribution >= 0.6 is 0 Å². The van der Waals surface area contributed by atoms with Crippen molar-refractivity contribution in [2.24, 2.45) is 0 Å². The summed E-state index contributed by atoms with van der Waals surface area (Å²) in [6.07, 6.45) is 3.13. The number of carbonyl (C=O) groups excluding carboxylic acids is 1. The monoisotopic (exact) mass is 473 g/mol. The van der Waals surface area contributed by atoms with E-state index in [1.807, 2.05) is 17.9 Å². The largest absolute Gasteiger partial charge is 0.490 e. The minimum absolute atomic E-state index is 0.106. The molecule has 2 fully saturated rings. The molecule has 0 atom stereocenters. The van der Waals surface area contributed by atoms with Crippen molar-refractivity contribution in [3.8, 4) is 11.5 Å². The molecule has 178 valence electrons. The van der Waals surface area contributed by atoms with Gasteiger partial charge in [0, 0.05) is 61.7 Å². The highest BCUT2D eigenvalue weighted by Crippen LogP contribution is 2.38. The normalized spacial score (nSPS) is 19.9. The van der Waals surface area contributed by atoms with Gasteiger partial charge in [0.25, 0.3) is 0 Å². The summed E-state index contributed by atoms with van der Waals surface area (Å²) in [5.41, 5.74) is 2.99. The number of Topliss-reactive ketones (excluding diaryl/α,β-unsaturated/α-hetero) is 1. The van der Waals surface area contributed by atoms with E-state index in [0.29, 0.717) is 63.5 Å². The summed E-state index contributed by atoms with van der Waals surface area (Å²) in [6, 6.07) is 7.35. The fourth-order valence-electron chi connectivity index (χ4n) is 4.82. The summed E-state index contributed by atoms with van der Waals surface area (Å²) in [6.45, 7) is 7.22. The topological polar surface area (TPSA) is 81.1 Å². The van der Waals surface area contributed by atoms with E-state index >= 15 is 0 Å². The second kappa shape index (κ2) is 8.77. The lowest BCUT2D eigenvalue weighted by atomic mass is 10.1. The predicted molar refractivity (Wildman–Crippen MR) is 124 cm³/mol. The molecule has 2 aromatic rings. The zero-order valence-electron chi connectivity index (χ0n) is 19.2. The number of benzene rings is 1. The number of carbonyl (C=O) groups is 1. The van der Waals surface area contributed by atoms with E-state index in [1.54, 1.807) is 18.2 Å². The molecule has 0 bridgehead atoms. The van der Waals surface area contributed by atoms with Gasteiger partial charge in [0.15, 0.2) is 17.3 Å². The Kier molecular flexibility index (Phi) is 5.96. The summed E-state index contributed by atoms with van der Waals surface area (Å²) in [5, 5.41) is 0. The SMILES string of the molecule is Cc1cc(C(=O)CN2CCN(S(=O)(=O)c3ccc4c(c3)OCCCO4)CC2)c(C)n1C1CC1. The summed E-state index contributed by atoms with van der Waals surface area (Å²) in [4.78, 5) is 15.3. The number of aromatic nitrogens is 1. The number of ether oxygens (including phenoxy) is 2. The maximum absolute atomic E-state index is 13.2. The lowest BCUT2D eigenvalue weighted by molar-refractivity contribution is 0.0901. The Morgan fingerprint density at radius 2 is 1.70 bits per heavy atom. The fraction of sp³-hybridized carbons (Fsp3) is 0.542. The molecule has 3 aliphatic rings. The van der Waals surface area contributed by atoms with E-state index in [1.165, 1.54) is 17.1 Å². The summed E-state index contributed by atoms with van der Waals surface area (Å²) >= 11 is 0. The van der Waals surface area contributed by atoms with Crippen molar-refractivity contribution in [1.29, 1.82) is 0 Å². The third kappa shape index (κ3) is 4.41. The number of hydrogen-bond donors (Lipinski definition) is 0. The number of nitrogens with zero attached hydrogens (tertiary/aromatic N) is 3. The van der Waals surface area contributed by atoms with Gasteiger partial charge in [-0.1, -0.05) is 0 Å². The maximum Gasteiger partial charge on any atom is 0.243 e. The van der Waals surface area contributed by atoms with E-state index in [0.717, 1.165) is 23.4 Å². The predicted octanol–water partition coefficient (Wildman–Crippen LogP) is 2.79. The van der Waals surface area contributed by atoms with Gasteiger partial charge in [-0.05, 0) is 44.9 Å². The Morgan fingerprint density at radius 3 is 2.39 bits per heavy atom. The van der Waals surface area contributed by atoms with Crippen molar-refractivity contribution < 1.29 is 22.7 Å². The van der Waals surface area contributed by atoms with Crippen molar-refractivity contribution in [3.05, 3.63) is 41.2 Å². The van der Waals surface area contributed by atoms with Crippen LogP contribution in [0.15, 0.2) is 29.2 Å². The second-order valence-electron chi connectivity index (χ2n) is 9.15. The van der Waals surface area contributed by atoms with Crippen LogP contribution in [0.25, 0.3) is 0 Å². The first-order valence-electron chi connectivity index (χ1n) is 11.7. The molecule has 9 heteroatoms. The Bertz CT molecular complexity index is 1160. The molecule has 1 aromatic heterocycles. The summed E-state index contributed by atoms with van der Waals surface area (Å²) in [7, 11) is -3.64. The lowest BCUT2D eigenvalue weighted by Crippen LogP contribution is -2.49. The molecule has 0 spiro atoms. The van der Waals surface area contributed by atoms with Crippen LogP contribution in [0.1, 0.15) is 47.1 Å². The summed E-state index contributed by atoms with van der Waals surface area (Å²) in [5.74, 6) is 1.16. The molecule has 0 N–H and O–H groups in total. The van der Waals surface area contributed by atoms with Gasteiger partial charge < -0.3 is 14.0 Å². The Balaban J connectivity index is 1.22. The molecule has 1 aliphatic carbocycles. The first-order valence-corrected chi connectivity index (χ1v) is 13.1.